The molecule has 0 N–H and O–H groups in total. The van der Waals surface area contributed by atoms with Crippen LogP contribution in [0.1, 0.15) is 0 Å². The SMILES string of the molecule is c1ccc(-c2ccc(N(c3ccccc3)c3ccc(-c4cccc5c4oc4ccncc45)cc3)cc2)cc1. The van der Waals surface area contributed by atoms with Gasteiger partial charge in [-0.15, -0.1) is 0 Å². The molecule has 5 aromatic carbocycles. The van der Waals surface area contributed by atoms with E-state index in [2.05, 4.69) is 125 Å². The van der Waals surface area contributed by atoms with Crippen molar-refractivity contribution in [3.05, 3.63) is 146 Å². The zero-order valence-electron chi connectivity index (χ0n) is 20.7. The fraction of sp³-hybridized carbons (Fsp3) is 0. The summed E-state index contributed by atoms with van der Waals surface area (Å²) in [6, 6.07) is 46.6. The molecule has 7 rings (SSSR count). The second-order valence-corrected chi connectivity index (χ2v) is 9.29. The monoisotopic (exact) mass is 488 g/mol. The van der Waals surface area contributed by atoms with E-state index in [4.69, 9.17) is 4.42 Å². The van der Waals surface area contributed by atoms with E-state index in [1.807, 2.05) is 24.4 Å². The predicted molar refractivity (Wildman–Crippen MR) is 157 cm³/mol. The lowest BCUT2D eigenvalue weighted by molar-refractivity contribution is 0.669. The van der Waals surface area contributed by atoms with Crippen molar-refractivity contribution in [3.8, 4) is 22.3 Å². The van der Waals surface area contributed by atoms with Crippen LogP contribution >= 0.6 is 0 Å². The normalized spacial score (nSPS) is 11.2. The van der Waals surface area contributed by atoms with Crippen LogP contribution in [0.25, 0.3) is 44.2 Å². The van der Waals surface area contributed by atoms with Crippen LogP contribution in [0.15, 0.2) is 150 Å². The molecular formula is C35H24N2O. The van der Waals surface area contributed by atoms with E-state index in [1.165, 1.54) is 11.1 Å². The van der Waals surface area contributed by atoms with Crippen molar-refractivity contribution < 1.29 is 4.42 Å². The molecule has 0 fully saturated rings. The van der Waals surface area contributed by atoms with Crippen LogP contribution < -0.4 is 4.90 Å². The maximum absolute atomic E-state index is 6.25. The lowest BCUT2D eigenvalue weighted by atomic mass is 10.0. The van der Waals surface area contributed by atoms with E-state index in [0.717, 1.165) is 50.1 Å². The van der Waals surface area contributed by atoms with Gasteiger partial charge in [0.15, 0.2) is 0 Å². The van der Waals surface area contributed by atoms with Crippen molar-refractivity contribution in [2.75, 3.05) is 4.90 Å². The number of para-hydroxylation sites is 2. The first-order valence-corrected chi connectivity index (χ1v) is 12.7. The molecule has 2 heterocycles. The van der Waals surface area contributed by atoms with Gasteiger partial charge in [0.2, 0.25) is 0 Å². The van der Waals surface area contributed by atoms with Gasteiger partial charge in [-0.2, -0.15) is 0 Å². The zero-order valence-corrected chi connectivity index (χ0v) is 20.7. The van der Waals surface area contributed by atoms with E-state index in [9.17, 15) is 0 Å². The minimum Gasteiger partial charge on any atom is -0.455 e. The molecule has 0 aliphatic heterocycles. The van der Waals surface area contributed by atoms with Crippen molar-refractivity contribution in [2.24, 2.45) is 0 Å². The van der Waals surface area contributed by atoms with Gasteiger partial charge in [-0.3, -0.25) is 4.98 Å². The van der Waals surface area contributed by atoms with Crippen LogP contribution in [-0.4, -0.2) is 4.98 Å². The van der Waals surface area contributed by atoms with Gasteiger partial charge in [-0.05, 0) is 59.2 Å². The molecule has 0 aliphatic carbocycles. The summed E-state index contributed by atoms with van der Waals surface area (Å²) in [7, 11) is 0. The third-order valence-electron chi connectivity index (χ3n) is 6.98. The smallest absolute Gasteiger partial charge is 0.143 e. The maximum Gasteiger partial charge on any atom is 0.143 e. The average Bonchev–Trinajstić information content (AvgIpc) is 3.38. The molecule has 180 valence electrons. The number of anilines is 3. The fourth-order valence-electron chi connectivity index (χ4n) is 5.12. The van der Waals surface area contributed by atoms with Gasteiger partial charge in [-0.1, -0.05) is 91.0 Å². The number of nitrogens with zero attached hydrogens (tertiary/aromatic N) is 2. The lowest BCUT2D eigenvalue weighted by Gasteiger charge is -2.26. The van der Waals surface area contributed by atoms with Gasteiger partial charge in [0, 0.05) is 45.8 Å². The van der Waals surface area contributed by atoms with Crippen molar-refractivity contribution in [1.82, 2.24) is 4.98 Å². The van der Waals surface area contributed by atoms with E-state index in [-0.39, 0.29) is 0 Å². The summed E-state index contributed by atoms with van der Waals surface area (Å²) >= 11 is 0. The lowest BCUT2D eigenvalue weighted by Crippen LogP contribution is -2.09. The van der Waals surface area contributed by atoms with Gasteiger partial charge >= 0.3 is 0 Å². The highest BCUT2D eigenvalue weighted by Crippen LogP contribution is 2.39. The second kappa shape index (κ2) is 9.38. The topological polar surface area (TPSA) is 29.3 Å². The third kappa shape index (κ3) is 3.91. The molecule has 0 spiro atoms. The molecule has 0 unspecified atom stereocenters. The first-order valence-electron chi connectivity index (χ1n) is 12.7. The number of hydrogen-bond donors (Lipinski definition) is 0. The summed E-state index contributed by atoms with van der Waals surface area (Å²) < 4.78 is 6.25. The number of pyridine rings is 1. The fourth-order valence-corrected chi connectivity index (χ4v) is 5.12. The minimum absolute atomic E-state index is 0.855. The van der Waals surface area contributed by atoms with Crippen molar-refractivity contribution in [1.29, 1.82) is 0 Å². The number of rotatable bonds is 5. The highest BCUT2D eigenvalue weighted by atomic mass is 16.3. The number of fused-ring (bicyclic) bond motifs is 3. The van der Waals surface area contributed by atoms with Crippen LogP contribution in [0, 0.1) is 0 Å². The van der Waals surface area contributed by atoms with E-state index < -0.39 is 0 Å². The number of furan rings is 1. The Morgan fingerprint density at radius 1 is 0.474 bits per heavy atom. The standard InChI is InChI=1S/C35H24N2O/c1-3-8-25(9-4-1)26-14-18-29(19-15-26)37(28-10-5-2-6-11-28)30-20-16-27(17-21-30)31-12-7-13-32-33-24-36-23-22-34(33)38-35(31)32/h1-24H. The average molecular weight is 489 g/mol. The number of hydrogen-bond acceptors (Lipinski definition) is 3. The highest BCUT2D eigenvalue weighted by molar-refractivity contribution is 6.09. The Morgan fingerprint density at radius 2 is 1.08 bits per heavy atom. The van der Waals surface area contributed by atoms with Crippen LogP contribution in [0.4, 0.5) is 17.1 Å². The Morgan fingerprint density at radius 3 is 1.79 bits per heavy atom. The Kier molecular flexibility index (Phi) is 5.45. The first kappa shape index (κ1) is 22.1. The molecular weight excluding hydrogens is 464 g/mol. The van der Waals surface area contributed by atoms with Crippen molar-refractivity contribution in [3.63, 3.8) is 0 Å². The van der Waals surface area contributed by atoms with Gasteiger partial charge in [0.05, 0.1) is 0 Å². The van der Waals surface area contributed by atoms with Gasteiger partial charge in [0.1, 0.15) is 11.2 Å². The molecule has 2 aromatic heterocycles. The summed E-state index contributed by atoms with van der Waals surface area (Å²) in [5.41, 5.74) is 9.65. The molecule has 0 saturated carbocycles. The highest BCUT2D eigenvalue weighted by Gasteiger charge is 2.15. The number of aromatic nitrogens is 1. The molecule has 0 bridgehead atoms. The van der Waals surface area contributed by atoms with Gasteiger partial charge in [0.25, 0.3) is 0 Å². The number of benzene rings is 5. The van der Waals surface area contributed by atoms with E-state index >= 15 is 0 Å². The molecule has 0 saturated heterocycles. The molecule has 0 aliphatic rings. The molecule has 0 amide bonds. The Labute approximate surface area is 221 Å². The largest absolute Gasteiger partial charge is 0.455 e. The van der Waals surface area contributed by atoms with Gasteiger partial charge < -0.3 is 9.32 Å². The summed E-state index contributed by atoms with van der Waals surface area (Å²) in [6.07, 6.45) is 3.64. The summed E-state index contributed by atoms with van der Waals surface area (Å²) in [4.78, 5) is 6.57. The Bertz CT molecular complexity index is 1840. The van der Waals surface area contributed by atoms with Crippen LogP contribution in [0.5, 0.6) is 0 Å². The van der Waals surface area contributed by atoms with Crippen LogP contribution in [-0.2, 0) is 0 Å². The van der Waals surface area contributed by atoms with Crippen LogP contribution in [0.2, 0.25) is 0 Å². The second-order valence-electron chi connectivity index (χ2n) is 9.29. The molecule has 3 nitrogen and oxygen atoms in total. The Balaban J connectivity index is 1.29. The van der Waals surface area contributed by atoms with Crippen molar-refractivity contribution in [2.45, 2.75) is 0 Å². The maximum atomic E-state index is 6.25. The quantitative estimate of drug-likeness (QED) is 0.241. The van der Waals surface area contributed by atoms with E-state index in [0.29, 0.717) is 0 Å². The molecule has 0 radical (unpaired) electrons. The molecule has 0 atom stereocenters. The predicted octanol–water partition coefficient (Wildman–Crippen LogP) is 9.78. The third-order valence-corrected chi connectivity index (χ3v) is 6.98. The first-order chi connectivity index (χ1) is 18.8. The van der Waals surface area contributed by atoms with E-state index in [1.54, 1.807) is 6.20 Å². The summed E-state index contributed by atoms with van der Waals surface area (Å²) in [6.45, 7) is 0. The summed E-state index contributed by atoms with van der Waals surface area (Å²) in [5, 5.41) is 2.12. The van der Waals surface area contributed by atoms with Crippen LogP contribution in [0.3, 0.4) is 0 Å². The molecule has 7 aromatic rings. The molecule has 38 heavy (non-hydrogen) atoms. The minimum atomic E-state index is 0.855. The Hall–Kier alpha value is -5.15. The summed E-state index contributed by atoms with van der Waals surface area (Å²) in [5.74, 6) is 0. The van der Waals surface area contributed by atoms with Gasteiger partial charge in [-0.25, -0.2) is 0 Å². The molecule has 3 heteroatoms. The zero-order chi connectivity index (χ0) is 25.3. The van der Waals surface area contributed by atoms with Crippen molar-refractivity contribution >= 4 is 39.0 Å².